The molecule has 0 radical (unpaired) electrons. The van der Waals surface area contributed by atoms with Crippen molar-refractivity contribution in [1.82, 2.24) is 9.80 Å². The molecule has 0 saturated carbocycles. The molecule has 0 atom stereocenters. The molecule has 0 unspecified atom stereocenters. The molecule has 7 heteroatoms. The van der Waals surface area contributed by atoms with Crippen molar-refractivity contribution in [3.05, 3.63) is 28.3 Å². The molecule has 1 aliphatic heterocycles. The molecular weight excluding hydrogens is 262 g/mol. The summed E-state index contributed by atoms with van der Waals surface area (Å²) in [7, 11) is 3.57. The Labute approximate surface area is 117 Å². The fraction of sp³-hybridized carbons (Fsp3) is 0.538. The van der Waals surface area contributed by atoms with Crippen LogP contribution in [0.3, 0.4) is 0 Å². The van der Waals surface area contributed by atoms with Crippen LogP contribution in [0.15, 0.2) is 18.2 Å². The lowest BCUT2D eigenvalue weighted by atomic mass is 10.3. The van der Waals surface area contributed by atoms with E-state index in [9.17, 15) is 10.1 Å². The first-order chi connectivity index (χ1) is 9.60. The van der Waals surface area contributed by atoms with E-state index in [-0.39, 0.29) is 5.69 Å². The van der Waals surface area contributed by atoms with Crippen LogP contribution in [0.1, 0.15) is 0 Å². The van der Waals surface area contributed by atoms with Crippen molar-refractivity contribution < 1.29 is 14.4 Å². The van der Waals surface area contributed by atoms with E-state index in [1.54, 1.807) is 6.07 Å². The van der Waals surface area contributed by atoms with E-state index in [0.29, 0.717) is 18.2 Å². The van der Waals surface area contributed by atoms with Crippen molar-refractivity contribution in [2.24, 2.45) is 0 Å². The van der Waals surface area contributed by atoms with Crippen molar-refractivity contribution in [3.8, 4) is 11.5 Å². The number of nitro benzene ring substituents is 1. The van der Waals surface area contributed by atoms with Crippen LogP contribution < -0.4 is 9.47 Å². The molecule has 0 aliphatic carbocycles. The van der Waals surface area contributed by atoms with E-state index in [1.165, 1.54) is 19.2 Å². The zero-order chi connectivity index (χ0) is 14.5. The fourth-order valence-electron chi connectivity index (χ4n) is 2.03. The van der Waals surface area contributed by atoms with Crippen LogP contribution in [0.2, 0.25) is 0 Å². The molecule has 1 aromatic carbocycles. The number of nitrogens with zero attached hydrogens (tertiary/aromatic N) is 3. The van der Waals surface area contributed by atoms with Gasteiger partial charge in [-0.3, -0.25) is 15.0 Å². The first-order valence-electron chi connectivity index (χ1n) is 6.46. The zero-order valence-electron chi connectivity index (χ0n) is 11.7. The van der Waals surface area contributed by atoms with Gasteiger partial charge < -0.3 is 14.4 Å². The third-order valence-corrected chi connectivity index (χ3v) is 3.36. The largest absolute Gasteiger partial charge is 0.493 e. The summed E-state index contributed by atoms with van der Waals surface area (Å²) in [5.41, 5.74) is -0.00574. The summed E-state index contributed by atoms with van der Waals surface area (Å²) in [6.07, 6.45) is 0. The molecule has 1 aromatic rings. The van der Waals surface area contributed by atoms with Gasteiger partial charge in [0.05, 0.1) is 18.1 Å². The lowest BCUT2D eigenvalue weighted by molar-refractivity contribution is -0.385. The number of piperazine rings is 1. The van der Waals surface area contributed by atoms with Gasteiger partial charge in [-0.2, -0.15) is 0 Å². The SMILES string of the molecule is COc1cc([N+](=O)[O-])ccc1OCN1CCN(C)CC1. The van der Waals surface area contributed by atoms with Crippen molar-refractivity contribution >= 4 is 5.69 Å². The quantitative estimate of drug-likeness (QED) is 0.596. The Kier molecular flexibility index (Phi) is 4.75. The molecule has 0 bridgehead atoms. The van der Waals surface area contributed by atoms with Gasteiger partial charge in [0.25, 0.3) is 5.69 Å². The highest BCUT2D eigenvalue weighted by atomic mass is 16.6. The third kappa shape index (κ3) is 3.58. The van der Waals surface area contributed by atoms with Gasteiger partial charge in [-0.1, -0.05) is 0 Å². The summed E-state index contributed by atoms with van der Waals surface area (Å²) in [6, 6.07) is 4.37. The van der Waals surface area contributed by atoms with E-state index < -0.39 is 4.92 Å². The molecule has 2 rings (SSSR count). The van der Waals surface area contributed by atoms with Gasteiger partial charge in [0.1, 0.15) is 6.73 Å². The molecule has 1 heterocycles. The topological polar surface area (TPSA) is 68.1 Å². The van der Waals surface area contributed by atoms with Crippen LogP contribution in [0, 0.1) is 10.1 Å². The minimum atomic E-state index is -0.452. The van der Waals surface area contributed by atoms with Crippen LogP contribution >= 0.6 is 0 Å². The van der Waals surface area contributed by atoms with Crippen LogP contribution in [0.5, 0.6) is 11.5 Å². The van der Waals surface area contributed by atoms with Crippen molar-refractivity contribution in [3.63, 3.8) is 0 Å². The Morgan fingerprint density at radius 1 is 1.25 bits per heavy atom. The second-order valence-corrected chi connectivity index (χ2v) is 4.79. The average molecular weight is 281 g/mol. The molecule has 1 fully saturated rings. The number of non-ortho nitro benzene ring substituents is 1. The molecule has 1 saturated heterocycles. The number of rotatable bonds is 5. The van der Waals surface area contributed by atoms with Gasteiger partial charge in [0, 0.05) is 32.2 Å². The fourth-order valence-corrected chi connectivity index (χ4v) is 2.03. The highest BCUT2D eigenvalue weighted by Gasteiger charge is 2.16. The first-order valence-corrected chi connectivity index (χ1v) is 6.46. The molecule has 0 N–H and O–H groups in total. The van der Waals surface area contributed by atoms with Crippen molar-refractivity contribution in [2.75, 3.05) is 47.1 Å². The van der Waals surface area contributed by atoms with Gasteiger partial charge in [0.2, 0.25) is 0 Å². The third-order valence-electron chi connectivity index (χ3n) is 3.36. The number of likely N-dealkylation sites (N-methyl/N-ethyl adjacent to an activating group) is 1. The molecule has 110 valence electrons. The summed E-state index contributed by atoms with van der Waals surface area (Å²) < 4.78 is 10.8. The summed E-state index contributed by atoms with van der Waals surface area (Å²) in [4.78, 5) is 14.7. The molecule has 0 spiro atoms. The number of hydrogen-bond donors (Lipinski definition) is 0. The lowest BCUT2D eigenvalue weighted by Gasteiger charge is -2.32. The normalized spacial score (nSPS) is 16.9. The van der Waals surface area contributed by atoms with Gasteiger partial charge in [0.15, 0.2) is 11.5 Å². The van der Waals surface area contributed by atoms with Crippen molar-refractivity contribution in [1.29, 1.82) is 0 Å². The van der Waals surface area contributed by atoms with E-state index in [0.717, 1.165) is 26.2 Å². The Hall–Kier alpha value is -1.86. The maximum atomic E-state index is 10.7. The first kappa shape index (κ1) is 14.5. The highest BCUT2D eigenvalue weighted by Crippen LogP contribution is 2.31. The van der Waals surface area contributed by atoms with Gasteiger partial charge in [-0.05, 0) is 13.1 Å². The summed E-state index contributed by atoms with van der Waals surface area (Å²) >= 11 is 0. The van der Waals surface area contributed by atoms with E-state index in [4.69, 9.17) is 9.47 Å². The predicted molar refractivity (Wildman–Crippen MR) is 74.2 cm³/mol. The smallest absolute Gasteiger partial charge is 0.273 e. The second-order valence-electron chi connectivity index (χ2n) is 4.79. The van der Waals surface area contributed by atoms with Crippen LogP contribution in [-0.4, -0.2) is 61.8 Å². The summed E-state index contributed by atoms with van der Waals surface area (Å²) in [6.45, 7) is 4.39. The van der Waals surface area contributed by atoms with E-state index >= 15 is 0 Å². The lowest BCUT2D eigenvalue weighted by Crippen LogP contribution is -2.45. The highest BCUT2D eigenvalue weighted by molar-refractivity contribution is 5.48. The molecule has 20 heavy (non-hydrogen) atoms. The maximum Gasteiger partial charge on any atom is 0.273 e. The number of ether oxygens (including phenoxy) is 2. The average Bonchev–Trinajstić information content (AvgIpc) is 2.46. The summed E-state index contributed by atoms with van der Waals surface area (Å²) in [5.74, 6) is 0.908. The number of methoxy groups -OCH3 is 1. The number of nitro groups is 1. The molecular formula is C13H19N3O4. The number of hydrogen-bond acceptors (Lipinski definition) is 6. The maximum absolute atomic E-state index is 10.7. The number of benzene rings is 1. The van der Waals surface area contributed by atoms with Crippen LogP contribution in [0.4, 0.5) is 5.69 Å². The Morgan fingerprint density at radius 3 is 2.55 bits per heavy atom. The molecule has 0 aromatic heterocycles. The minimum absolute atomic E-state index is 0.00574. The Morgan fingerprint density at radius 2 is 1.95 bits per heavy atom. The van der Waals surface area contributed by atoms with Gasteiger partial charge in [-0.25, -0.2) is 0 Å². The molecule has 0 amide bonds. The van der Waals surface area contributed by atoms with Crippen molar-refractivity contribution in [2.45, 2.75) is 0 Å². The molecule has 1 aliphatic rings. The zero-order valence-corrected chi connectivity index (χ0v) is 11.7. The second kappa shape index (κ2) is 6.53. The van der Waals surface area contributed by atoms with Crippen LogP contribution in [-0.2, 0) is 0 Å². The monoisotopic (exact) mass is 281 g/mol. The van der Waals surface area contributed by atoms with E-state index in [2.05, 4.69) is 16.8 Å². The Bertz CT molecular complexity index is 473. The van der Waals surface area contributed by atoms with Gasteiger partial charge in [-0.15, -0.1) is 0 Å². The van der Waals surface area contributed by atoms with Gasteiger partial charge >= 0.3 is 0 Å². The minimum Gasteiger partial charge on any atom is -0.493 e. The van der Waals surface area contributed by atoms with Crippen LogP contribution in [0.25, 0.3) is 0 Å². The van der Waals surface area contributed by atoms with E-state index in [1.807, 2.05) is 0 Å². The Balaban J connectivity index is 1.97. The predicted octanol–water partition coefficient (Wildman–Crippen LogP) is 1.19. The molecule has 7 nitrogen and oxygen atoms in total. The standard InChI is InChI=1S/C13H19N3O4/c1-14-5-7-15(8-6-14)10-20-12-4-3-11(16(17)18)9-13(12)19-2/h3-4,9H,5-8,10H2,1-2H3. The summed E-state index contributed by atoms with van der Waals surface area (Å²) in [5, 5.41) is 10.7.